The highest BCUT2D eigenvalue weighted by molar-refractivity contribution is 5.86. The second kappa shape index (κ2) is 5.52. The Balaban J connectivity index is 1.93. The number of hydrogen-bond donors (Lipinski definition) is 2. The van der Waals surface area contributed by atoms with E-state index in [9.17, 15) is 4.79 Å². The van der Waals surface area contributed by atoms with Crippen LogP contribution in [-0.4, -0.2) is 23.0 Å². The first-order valence-electron chi connectivity index (χ1n) is 6.61. The lowest BCUT2D eigenvalue weighted by atomic mass is 9.91. The number of carbonyl (C=O) groups is 1. The van der Waals surface area contributed by atoms with E-state index in [1.54, 1.807) is 6.20 Å². The predicted molar refractivity (Wildman–Crippen MR) is 68.0 cm³/mol. The smallest absolute Gasteiger partial charge is 0.240 e. The summed E-state index contributed by atoms with van der Waals surface area (Å²) in [5.74, 6) is 1.39. The zero-order chi connectivity index (χ0) is 13.0. The summed E-state index contributed by atoms with van der Waals surface area (Å²) < 4.78 is 5.34. The molecule has 2 heterocycles. The quantitative estimate of drug-likeness (QED) is 0.832. The van der Waals surface area contributed by atoms with Gasteiger partial charge in [-0.2, -0.15) is 0 Å². The van der Waals surface area contributed by atoms with Crippen molar-refractivity contribution < 1.29 is 9.21 Å². The molecule has 0 bridgehead atoms. The Morgan fingerprint density at radius 3 is 3.06 bits per heavy atom. The van der Waals surface area contributed by atoms with Gasteiger partial charge in [-0.3, -0.25) is 4.79 Å². The van der Waals surface area contributed by atoms with E-state index < -0.39 is 0 Å². The van der Waals surface area contributed by atoms with Crippen molar-refractivity contribution >= 4 is 5.91 Å². The van der Waals surface area contributed by atoms with E-state index in [0.29, 0.717) is 12.4 Å². The summed E-state index contributed by atoms with van der Waals surface area (Å²) in [5.41, 5.74) is -0.379. The molecule has 1 aromatic heterocycles. The van der Waals surface area contributed by atoms with Crippen LogP contribution in [-0.2, 0) is 11.3 Å². The third-order valence-electron chi connectivity index (χ3n) is 3.42. The fraction of sp³-hybridized carbons (Fsp3) is 0.692. The molecule has 0 radical (unpaired) electrons. The van der Waals surface area contributed by atoms with Gasteiger partial charge in [0, 0.05) is 0 Å². The molecular formula is C13H21N3O2. The van der Waals surface area contributed by atoms with Crippen LogP contribution in [0.5, 0.6) is 0 Å². The first kappa shape index (κ1) is 13.1. The molecule has 1 aliphatic heterocycles. The normalized spacial score (nSPS) is 23.2. The summed E-state index contributed by atoms with van der Waals surface area (Å²) in [6.07, 6.45) is 5.52. The molecule has 0 spiro atoms. The lowest BCUT2D eigenvalue weighted by molar-refractivity contribution is -0.127. The van der Waals surface area contributed by atoms with E-state index in [2.05, 4.69) is 22.5 Å². The largest absolute Gasteiger partial charge is 0.444 e. The standard InChI is InChI=1S/C13H21N3O2/c1-3-5-13(6-4-7-16-13)12(17)15-9-11-14-8-10(2)18-11/h8,16H,3-7,9H2,1-2H3,(H,15,17). The van der Waals surface area contributed by atoms with Gasteiger partial charge in [0.05, 0.1) is 18.3 Å². The number of nitrogens with zero attached hydrogens (tertiary/aromatic N) is 1. The summed E-state index contributed by atoms with van der Waals surface area (Å²) in [5, 5.41) is 6.27. The Kier molecular flexibility index (Phi) is 4.01. The molecule has 1 fully saturated rings. The molecule has 1 amide bonds. The Morgan fingerprint density at radius 1 is 1.67 bits per heavy atom. The average molecular weight is 251 g/mol. The van der Waals surface area contributed by atoms with Gasteiger partial charge in [0.25, 0.3) is 0 Å². The van der Waals surface area contributed by atoms with Crippen molar-refractivity contribution in [2.75, 3.05) is 6.54 Å². The fourth-order valence-electron chi connectivity index (χ4n) is 2.56. The molecule has 1 unspecified atom stereocenters. The highest BCUT2D eigenvalue weighted by Gasteiger charge is 2.39. The zero-order valence-electron chi connectivity index (χ0n) is 11.1. The molecule has 2 N–H and O–H groups in total. The van der Waals surface area contributed by atoms with Crippen LogP contribution in [0.4, 0.5) is 0 Å². The molecule has 100 valence electrons. The maximum atomic E-state index is 12.3. The maximum absolute atomic E-state index is 12.3. The molecule has 1 aliphatic rings. The zero-order valence-corrected chi connectivity index (χ0v) is 11.1. The number of amides is 1. The van der Waals surface area contributed by atoms with Crippen molar-refractivity contribution in [2.24, 2.45) is 0 Å². The van der Waals surface area contributed by atoms with Crippen LogP contribution in [0.3, 0.4) is 0 Å². The molecule has 1 atom stereocenters. The van der Waals surface area contributed by atoms with Gasteiger partial charge >= 0.3 is 0 Å². The van der Waals surface area contributed by atoms with Crippen molar-refractivity contribution in [1.82, 2.24) is 15.6 Å². The van der Waals surface area contributed by atoms with Crippen molar-refractivity contribution in [3.63, 3.8) is 0 Å². The molecule has 5 heteroatoms. The maximum Gasteiger partial charge on any atom is 0.240 e. The topological polar surface area (TPSA) is 67.2 Å². The first-order valence-corrected chi connectivity index (χ1v) is 6.61. The third kappa shape index (κ3) is 2.72. The summed E-state index contributed by atoms with van der Waals surface area (Å²) in [6.45, 7) is 5.23. The average Bonchev–Trinajstić information content (AvgIpc) is 2.97. The summed E-state index contributed by atoms with van der Waals surface area (Å²) >= 11 is 0. The Hall–Kier alpha value is -1.36. The molecule has 5 nitrogen and oxygen atoms in total. The minimum absolute atomic E-state index is 0.0673. The van der Waals surface area contributed by atoms with Crippen molar-refractivity contribution in [3.05, 3.63) is 17.8 Å². The van der Waals surface area contributed by atoms with Gasteiger partial charge in [-0.25, -0.2) is 4.98 Å². The minimum atomic E-state index is -0.379. The van der Waals surface area contributed by atoms with Crippen LogP contribution in [0.1, 0.15) is 44.3 Å². The molecule has 18 heavy (non-hydrogen) atoms. The molecular weight excluding hydrogens is 230 g/mol. The van der Waals surface area contributed by atoms with E-state index >= 15 is 0 Å². The number of carbonyl (C=O) groups excluding carboxylic acids is 1. The van der Waals surface area contributed by atoms with E-state index in [4.69, 9.17) is 4.42 Å². The number of aromatic nitrogens is 1. The number of oxazole rings is 1. The molecule has 1 saturated heterocycles. The lowest BCUT2D eigenvalue weighted by Crippen LogP contribution is -2.53. The van der Waals surface area contributed by atoms with Crippen LogP contribution in [0, 0.1) is 6.92 Å². The summed E-state index contributed by atoms with van der Waals surface area (Å²) in [6, 6.07) is 0. The molecule has 1 aromatic rings. The van der Waals surface area contributed by atoms with Gasteiger partial charge in [0.2, 0.25) is 11.8 Å². The van der Waals surface area contributed by atoms with Crippen LogP contribution in [0.25, 0.3) is 0 Å². The molecule has 0 aliphatic carbocycles. The minimum Gasteiger partial charge on any atom is -0.444 e. The van der Waals surface area contributed by atoms with Crippen molar-refractivity contribution in [1.29, 1.82) is 0 Å². The van der Waals surface area contributed by atoms with Gasteiger partial charge in [-0.15, -0.1) is 0 Å². The second-order valence-electron chi connectivity index (χ2n) is 4.91. The van der Waals surface area contributed by atoms with E-state index in [0.717, 1.165) is 38.0 Å². The van der Waals surface area contributed by atoms with E-state index in [-0.39, 0.29) is 11.4 Å². The van der Waals surface area contributed by atoms with Gasteiger partial charge in [0.1, 0.15) is 5.76 Å². The molecule has 2 rings (SSSR count). The highest BCUT2D eigenvalue weighted by atomic mass is 16.4. The fourth-order valence-corrected chi connectivity index (χ4v) is 2.56. The van der Waals surface area contributed by atoms with Gasteiger partial charge < -0.3 is 15.1 Å². The monoisotopic (exact) mass is 251 g/mol. The Morgan fingerprint density at radius 2 is 2.50 bits per heavy atom. The van der Waals surface area contributed by atoms with Crippen LogP contribution in [0.15, 0.2) is 10.6 Å². The molecule has 0 aromatic carbocycles. The Labute approximate surface area is 107 Å². The lowest BCUT2D eigenvalue weighted by Gasteiger charge is -2.27. The van der Waals surface area contributed by atoms with Crippen molar-refractivity contribution in [2.45, 2.75) is 51.6 Å². The predicted octanol–water partition coefficient (Wildman–Crippen LogP) is 1.52. The summed E-state index contributed by atoms with van der Waals surface area (Å²) in [4.78, 5) is 16.4. The van der Waals surface area contributed by atoms with E-state index in [1.807, 2.05) is 6.92 Å². The summed E-state index contributed by atoms with van der Waals surface area (Å²) in [7, 11) is 0. The van der Waals surface area contributed by atoms with Gasteiger partial charge in [-0.1, -0.05) is 13.3 Å². The number of hydrogen-bond acceptors (Lipinski definition) is 4. The Bertz CT molecular complexity index is 408. The van der Waals surface area contributed by atoms with Crippen LogP contribution < -0.4 is 10.6 Å². The SMILES string of the molecule is CCCC1(C(=O)NCc2ncc(C)o2)CCCN1. The third-order valence-corrected chi connectivity index (χ3v) is 3.42. The molecule has 0 saturated carbocycles. The van der Waals surface area contributed by atoms with Crippen molar-refractivity contribution in [3.8, 4) is 0 Å². The van der Waals surface area contributed by atoms with Crippen LogP contribution >= 0.6 is 0 Å². The van der Waals surface area contributed by atoms with Gasteiger partial charge in [0.15, 0.2) is 0 Å². The number of aryl methyl sites for hydroxylation is 1. The van der Waals surface area contributed by atoms with Crippen LogP contribution in [0.2, 0.25) is 0 Å². The highest BCUT2D eigenvalue weighted by Crippen LogP contribution is 2.25. The van der Waals surface area contributed by atoms with E-state index in [1.165, 1.54) is 0 Å². The number of rotatable bonds is 5. The van der Waals surface area contributed by atoms with Gasteiger partial charge in [-0.05, 0) is 32.7 Å². The first-order chi connectivity index (χ1) is 8.66. The number of nitrogens with one attached hydrogen (secondary N) is 2. The second-order valence-corrected chi connectivity index (χ2v) is 4.91.